The highest BCUT2D eigenvalue weighted by molar-refractivity contribution is 5.97. The van der Waals surface area contributed by atoms with Crippen molar-refractivity contribution in [3.8, 4) is 16.9 Å². The van der Waals surface area contributed by atoms with Gasteiger partial charge >= 0.3 is 0 Å². The maximum Gasteiger partial charge on any atom is 0.170 e. The van der Waals surface area contributed by atoms with Crippen LogP contribution in [0.25, 0.3) is 16.8 Å². The van der Waals surface area contributed by atoms with Crippen LogP contribution in [-0.4, -0.2) is 25.5 Å². The number of ketones is 1. The first-order chi connectivity index (χ1) is 12.2. The van der Waals surface area contributed by atoms with Crippen molar-refractivity contribution in [3.63, 3.8) is 0 Å². The lowest BCUT2D eigenvalue weighted by atomic mass is 10.1. The van der Waals surface area contributed by atoms with Gasteiger partial charge in [-0.25, -0.2) is 9.50 Å². The summed E-state index contributed by atoms with van der Waals surface area (Å²) >= 11 is 0. The molecule has 5 nitrogen and oxygen atoms in total. The molecular weight excluding hydrogens is 314 g/mol. The molecule has 0 saturated carbocycles. The second-order valence-electron chi connectivity index (χ2n) is 5.76. The fourth-order valence-electron chi connectivity index (χ4n) is 2.70. The van der Waals surface area contributed by atoms with Crippen LogP contribution in [0.4, 0.5) is 0 Å². The van der Waals surface area contributed by atoms with E-state index in [9.17, 15) is 9.90 Å². The zero-order valence-corrected chi connectivity index (χ0v) is 13.3. The van der Waals surface area contributed by atoms with Crippen LogP contribution in [0, 0.1) is 0 Å². The molecule has 1 N–H and O–H groups in total. The molecule has 25 heavy (non-hydrogen) atoms. The van der Waals surface area contributed by atoms with Crippen LogP contribution < -0.4 is 0 Å². The van der Waals surface area contributed by atoms with E-state index in [1.165, 1.54) is 0 Å². The van der Waals surface area contributed by atoms with Gasteiger partial charge in [0.05, 0.1) is 6.42 Å². The number of nitrogens with zero attached hydrogens (tertiary/aromatic N) is 3. The van der Waals surface area contributed by atoms with Crippen LogP contribution in [0.2, 0.25) is 0 Å². The molecule has 4 rings (SSSR count). The molecule has 2 heterocycles. The summed E-state index contributed by atoms with van der Waals surface area (Å²) in [4.78, 5) is 16.7. The zero-order chi connectivity index (χ0) is 17.2. The number of fused-ring (bicyclic) bond motifs is 1. The normalized spacial score (nSPS) is 10.9. The Morgan fingerprint density at radius 1 is 0.920 bits per heavy atom. The molecular formula is C20H15N3O2. The Kier molecular flexibility index (Phi) is 3.74. The summed E-state index contributed by atoms with van der Waals surface area (Å²) in [5.74, 6) is 0.722. The van der Waals surface area contributed by atoms with E-state index in [-0.39, 0.29) is 18.0 Å². The Morgan fingerprint density at radius 3 is 2.40 bits per heavy atom. The number of carbonyl (C=O) groups excluding carboxylic acids is 1. The number of phenols is 1. The van der Waals surface area contributed by atoms with Gasteiger partial charge in [-0.1, -0.05) is 42.5 Å². The second kappa shape index (κ2) is 6.20. The van der Waals surface area contributed by atoms with Crippen LogP contribution in [0.5, 0.6) is 5.75 Å². The lowest BCUT2D eigenvalue weighted by Crippen LogP contribution is -2.04. The highest BCUT2D eigenvalue weighted by Crippen LogP contribution is 2.22. The van der Waals surface area contributed by atoms with Crippen LogP contribution in [-0.2, 0) is 6.42 Å². The van der Waals surface area contributed by atoms with Crippen molar-refractivity contribution >= 4 is 11.4 Å². The van der Waals surface area contributed by atoms with E-state index in [0.717, 1.165) is 11.1 Å². The Hall–Kier alpha value is -3.47. The monoisotopic (exact) mass is 329 g/mol. The zero-order valence-electron chi connectivity index (χ0n) is 13.3. The first-order valence-electron chi connectivity index (χ1n) is 7.92. The Labute approximate surface area is 144 Å². The third-order valence-electron chi connectivity index (χ3n) is 3.99. The number of benzene rings is 2. The van der Waals surface area contributed by atoms with Crippen LogP contribution >= 0.6 is 0 Å². The van der Waals surface area contributed by atoms with E-state index in [1.807, 2.05) is 48.7 Å². The standard InChI is InChI=1S/C20H15N3O2/c24-17-9-6-14(7-10-17)16-8-11-20-21-19(22-23(20)13-16)12-18(25)15-4-2-1-3-5-15/h1-11,13,24H,12H2. The molecule has 122 valence electrons. The van der Waals surface area contributed by atoms with Gasteiger partial charge in [0.25, 0.3) is 0 Å². The van der Waals surface area contributed by atoms with Gasteiger partial charge in [0.1, 0.15) is 5.75 Å². The van der Waals surface area contributed by atoms with Gasteiger partial charge in [0.2, 0.25) is 0 Å². The number of hydrogen-bond donors (Lipinski definition) is 1. The molecule has 0 bridgehead atoms. The van der Waals surface area contributed by atoms with Crippen LogP contribution in [0.1, 0.15) is 16.2 Å². The van der Waals surface area contributed by atoms with Crippen LogP contribution in [0.3, 0.4) is 0 Å². The number of carbonyl (C=O) groups is 1. The highest BCUT2D eigenvalue weighted by atomic mass is 16.3. The summed E-state index contributed by atoms with van der Waals surface area (Å²) in [7, 11) is 0. The molecule has 0 saturated heterocycles. The summed E-state index contributed by atoms with van der Waals surface area (Å²) in [6, 6.07) is 19.9. The van der Waals surface area contributed by atoms with E-state index < -0.39 is 0 Å². The molecule has 0 aliphatic carbocycles. The molecule has 0 fully saturated rings. The van der Waals surface area contributed by atoms with Crippen molar-refractivity contribution in [1.29, 1.82) is 0 Å². The average molecular weight is 329 g/mol. The summed E-state index contributed by atoms with van der Waals surface area (Å²) in [6.07, 6.45) is 2.03. The van der Waals surface area contributed by atoms with Gasteiger partial charge in [0, 0.05) is 17.3 Å². The number of aromatic hydroxyl groups is 1. The number of pyridine rings is 1. The fraction of sp³-hybridized carbons (Fsp3) is 0.0500. The minimum absolute atomic E-state index is 0.00439. The van der Waals surface area contributed by atoms with Crippen molar-refractivity contribution in [2.45, 2.75) is 6.42 Å². The summed E-state index contributed by atoms with van der Waals surface area (Å²) in [5, 5.41) is 13.8. The molecule has 0 aliphatic heterocycles. The maximum absolute atomic E-state index is 12.3. The molecule has 0 spiro atoms. The van der Waals surface area contributed by atoms with Crippen molar-refractivity contribution in [1.82, 2.24) is 14.6 Å². The Bertz CT molecular complexity index is 1040. The van der Waals surface area contributed by atoms with Gasteiger partial charge < -0.3 is 5.11 Å². The molecule has 4 aromatic rings. The van der Waals surface area contributed by atoms with E-state index in [0.29, 0.717) is 17.0 Å². The number of hydrogen-bond acceptors (Lipinski definition) is 4. The second-order valence-corrected chi connectivity index (χ2v) is 5.76. The third-order valence-corrected chi connectivity index (χ3v) is 3.99. The lowest BCUT2D eigenvalue weighted by Gasteiger charge is -2.02. The topological polar surface area (TPSA) is 67.5 Å². The molecule has 2 aromatic heterocycles. The first-order valence-corrected chi connectivity index (χ1v) is 7.92. The minimum atomic E-state index is -0.00439. The number of rotatable bonds is 4. The summed E-state index contributed by atoms with van der Waals surface area (Å²) in [6.45, 7) is 0. The number of phenolic OH excluding ortho intramolecular Hbond substituents is 1. The number of Topliss-reactive ketones (excluding diaryl/α,β-unsaturated/α-hetero) is 1. The fourth-order valence-corrected chi connectivity index (χ4v) is 2.70. The Morgan fingerprint density at radius 2 is 1.64 bits per heavy atom. The molecule has 2 aromatic carbocycles. The van der Waals surface area contributed by atoms with E-state index in [1.54, 1.807) is 28.8 Å². The van der Waals surface area contributed by atoms with Crippen LogP contribution in [0.15, 0.2) is 72.9 Å². The van der Waals surface area contributed by atoms with Gasteiger partial charge in [-0.2, -0.15) is 5.10 Å². The highest BCUT2D eigenvalue weighted by Gasteiger charge is 2.11. The predicted molar refractivity (Wildman–Crippen MR) is 94.6 cm³/mol. The van der Waals surface area contributed by atoms with Gasteiger partial charge in [-0.15, -0.1) is 0 Å². The molecule has 0 aliphatic rings. The third kappa shape index (κ3) is 3.12. The van der Waals surface area contributed by atoms with E-state index in [4.69, 9.17) is 0 Å². The van der Waals surface area contributed by atoms with E-state index in [2.05, 4.69) is 10.1 Å². The first kappa shape index (κ1) is 15.1. The lowest BCUT2D eigenvalue weighted by molar-refractivity contribution is 0.0991. The largest absolute Gasteiger partial charge is 0.508 e. The van der Waals surface area contributed by atoms with Crippen molar-refractivity contribution < 1.29 is 9.90 Å². The average Bonchev–Trinajstić information content (AvgIpc) is 3.04. The van der Waals surface area contributed by atoms with Crippen molar-refractivity contribution in [3.05, 3.63) is 84.3 Å². The van der Waals surface area contributed by atoms with E-state index >= 15 is 0 Å². The smallest absolute Gasteiger partial charge is 0.170 e. The quantitative estimate of drug-likeness (QED) is 0.582. The number of aromatic nitrogens is 3. The molecule has 0 unspecified atom stereocenters. The minimum Gasteiger partial charge on any atom is -0.508 e. The Balaban J connectivity index is 1.62. The summed E-state index contributed by atoms with van der Waals surface area (Å²) < 4.78 is 1.68. The molecule has 0 amide bonds. The molecule has 0 atom stereocenters. The van der Waals surface area contributed by atoms with Gasteiger partial charge in [-0.05, 0) is 29.8 Å². The van der Waals surface area contributed by atoms with Crippen molar-refractivity contribution in [2.24, 2.45) is 0 Å². The maximum atomic E-state index is 12.3. The predicted octanol–water partition coefficient (Wildman–Crippen LogP) is 3.53. The van der Waals surface area contributed by atoms with Crippen molar-refractivity contribution in [2.75, 3.05) is 0 Å². The SMILES string of the molecule is O=C(Cc1nc2ccc(-c3ccc(O)cc3)cn2n1)c1ccccc1. The van der Waals surface area contributed by atoms with Gasteiger partial charge in [0.15, 0.2) is 17.3 Å². The molecule has 5 heteroatoms. The molecule has 0 radical (unpaired) electrons. The van der Waals surface area contributed by atoms with Gasteiger partial charge in [-0.3, -0.25) is 4.79 Å². The summed E-state index contributed by atoms with van der Waals surface area (Å²) in [5.41, 5.74) is 3.28.